The zero-order valence-corrected chi connectivity index (χ0v) is 17.0. The number of nitrogens with zero attached hydrogens (tertiary/aromatic N) is 2. The summed E-state index contributed by atoms with van der Waals surface area (Å²) in [7, 11) is 1.57. The molecule has 2 heterocycles. The first kappa shape index (κ1) is 20.1. The van der Waals surface area contributed by atoms with E-state index >= 15 is 0 Å². The van der Waals surface area contributed by atoms with Gasteiger partial charge >= 0.3 is 0 Å². The van der Waals surface area contributed by atoms with Crippen molar-refractivity contribution in [3.63, 3.8) is 0 Å². The van der Waals surface area contributed by atoms with Crippen molar-refractivity contribution in [1.29, 1.82) is 0 Å². The highest BCUT2D eigenvalue weighted by Crippen LogP contribution is 2.27. The quantitative estimate of drug-likeness (QED) is 0.768. The number of benzene rings is 1. The Labute approximate surface area is 168 Å². The standard InChI is InChI=1S/C20H25N3O4S/c1-14(24)23-9-6-16(7-10-23)27-19-4-3-17(26-2)11-18(19)20(25)21-8-5-15-12-28-13-22-15/h3-4,11-13,16H,5-10H2,1-2H3,(H,21,25). The van der Waals surface area contributed by atoms with Crippen LogP contribution in [0.2, 0.25) is 0 Å². The van der Waals surface area contributed by atoms with Crippen LogP contribution in [0.15, 0.2) is 29.1 Å². The second-order valence-electron chi connectivity index (χ2n) is 6.67. The van der Waals surface area contributed by atoms with E-state index in [1.54, 1.807) is 37.7 Å². The number of rotatable bonds is 7. The molecule has 1 aromatic carbocycles. The Kier molecular flexibility index (Phi) is 6.86. The molecule has 1 saturated heterocycles. The predicted octanol–water partition coefficient (Wildman–Crippen LogP) is 2.51. The van der Waals surface area contributed by atoms with Gasteiger partial charge in [0.05, 0.1) is 23.9 Å². The van der Waals surface area contributed by atoms with E-state index in [9.17, 15) is 9.59 Å². The molecular weight excluding hydrogens is 378 g/mol. The lowest BCUT2D eigenvalue weighted by Crippen LogP contribution is -2.40. The van der Waals surface area contributed by atoms with Gasteiger partial charge in [-0.3, -0.25) is 9.59 Å². The van der Waals surface area contributed by atoms with Gasteiger partial charge in [0.25, 0.3) is 5.91 Å². The van der Waals surface area contributed by atoms with Gasteiger partial charge in [0, 0.05) is 51.2 Å². The molecular formula is C20H25N3O4S. The minimum absolute atomic E-state index is 0.0226. The molecule has 28 heavy (non-hydrogen) atoms. The van der Waals surface area contributed by atoms with E-state index in [1.165, 1.54) is 11.3 Å². The fourth-order valence-corrected chi connectivity index (χ4v) is 3.74. The molecule has 0 spiro atoms. The summed E-state index contributed by atoms with van der Waals surface area (Å²) < 4.78 is 11.4. The second-order valence-corrected chi connectivity index (χ2v) is 7.39. The number of carbonyl (C=O) groups is 2. The van der Waals surface area contributed by atoms with E-state index in [-0.39, 0.29) is 17.9 Å². The van der Waals surface area contributed by atoms with Crippen LogP contribution in [0.25, 0.3) is 0 Å². The van der Waals surface area contributed by atoms with Gasteiger partial charge < -0.3 is 19.7 Å². The number of aromatic nitrogens is 1. The molecule has 1 aliphatic rings. The molecule has 0 atom stereocenters. The third-order valence-corrected chi connectivity index (χ3v) is 5.40. The fraction of sp³-hybridized carbons (Fsp3) is 0.450. The topological polar surface area (TPSA) is 80.8 Å². The monoisotopic (exact) mass is 403 g/mol. The van der Waals surface area contributed by atoms with E-state index in [1.807, 2.05) is 10.3 Å². The van der Waals surface area contributed by atoms with Crippen molar-refractivity contribution >= 4 is 23.2 Å². The van der Waals surface area contributed by atoms with Crippen LogP contribution in [0.4, 0.5) is 0 Å². The third kappa shape index (κ3) is 5.22. The summed E-state index contributed by atoms with van der Waals surface area (Å²) in [5, 5.41) is 4.90. The Morgan fingerprint density at radius 3 is 2.75 bits per heavy atom. The first-order valence-corrected chi connectivity index (χ1v) is 10.3. The van der Waals surface area contributed by atoms with Crippen LogP contribution in [0, 0.1) is 0 Å². The molecule has 2 amide bonds. The Morgan fingerprint density at radius 1 is 1.32 bits per heavy atom. The SMILES string of the molecule is COc1ccc(OC2CCN(C(C)=O)CC2)c(C(=O)NCCc2cscn2)c1. The highest BCUT2D eigenvalue weighted by Gasteiger charge is 2.24. The predicted molar refractivity (Wildman–Crippen MR) is 107 cm³/mol. The number of piperidine rings is 1. The summed E-state index contributed by atoms with van der Waals surface area (Å²) in [6, 6.07) is 5.25. The molecule has 7 nitrogen and oxygen atoms in total. The van der Waals surface area contributed by atoms with Crippen LogP contribution < -0.4 is 14.8 Å². The van der Waals surface area contributed by atoms with Gasteiger partial charge in [0.1, 0.15) is 17.6 Å². The number of ether oxygens (including phenoxy) is 2. The molecule has 150 valence electrons. The molecule has 0 bridgehead atoms. The maximum Gasteiger partial charge on any atom is 0.255 e. The van der Waals surface area contributed by atoms with Crippen molar-refractivity contribution in [3.8, 4) is 11.5 Å². The van der Waals surface area contributed by atoms with Crippen LogP contribution in [-0.4, -0.2) is 54.5 Å². The largest absolute Gasteiger partial charge is 0.497 e. The molecule has 1 aliphatic heterocycles. The summed E-state index contributed by atoms with van der Waals surface area (Å²) in [5.74, 6) is 1.02. The number of likely N-dealkylation sites (tertiary alicyclic amines) is 1. The van der Waals surface area contributed by atoms with Crippen molar-refractivity contribution in [2.45, 2.75) is 32.3 Å². The number of amides is 2. The zero-order chi connectivity index (χ0) is 19.9. The van der Waals surface area contributed by atoms with Crippen molar-refractivity contribution in [3.05, 3.63) is 40.3 Å². The van der Waals surface area contributed by atoms with Crippen LogP contribution in [-0.2, 0) is 11.2 Å². The molecule has 3 rings (SSSR count). The second kappa shape index (κ2) is 9.54. The molecule has 0 saturated carbocycles. The normalized spacial score (nSPS) is 14.6. The minimum Gasteiger partial charge on any atom is -0.497 e. The molecule has 0 aliphatic carbocycles. The molecule has 0 radical (unpaired) electrons. The molecule has 1 fully saturated rings. The summed E-state index contributed by atoms with van der Waals surface area (Å²) in [6.07, 6.45) is 2.15. The van der Waals surface area contributed by atoms with Crippen molar-refractivity contribution in [1.82, 2.24) is 15.2 Å². The molecule has 8 heteroatoms. The number of nitrogens with one attached hydrogen (secondary N) is 1. The molecule has 2 aromatic rings. The maximum atomic E-state index is 12.7. The van der Waals surface area contributed by atoms with Crippen molar-refractivity contribution in [2.75, 3.05) is 26.7 Å². The zero-order valence-electron chi connectivity index (χ0n) is 16.1. The van der Waals surface area contributed by atoms with E-state index in [4.69, 9.17) is 9.47 Å². The maximum absolute atomic E-state index is 12.7. The van der Waals surface area contributed by atoms with Gasteiger partial charge in [-0.1, -0.05) is 0 Å². The molecule has 1 aromatic heterocycles. The minimum atomic E-state index is -0.203. The highest BCUT2D eigenvalue weighted by atomic mass is 32.1. The number of hydrogen-bond donors (Lipinski definition) is 1. The Bertz CT molecular complexity index is 802. The van der Waals surface area contributed by atoms with Crippen LogP contribution in [0.5, 0.6) is 11.5 Å². The average molecular weight is 404 g/mol. The first-order valence-electron chi connectivity index (χ1n) is 9.32. The number of carbonyl (C=O) groups excluding carboxylic acids is 2. The highest BCUT2D eigenvalue weighted by molar-refractivity contribution is 7.07. The summed E-state index contributed by atoms with van der Waals surface area (Å²) in [4.78, 5) is 30.2. The molecule has 0 unspecified atom stereocenters. The van der Waals surface area contributed by atoms with E-state index in [2.05, 4.69) is 10.3 Å². The number of hydrogen-bond acceptors (Lipinski definition) is 6. The Morgan fingerprint density at radius 2 is 2.11 bits per heavy atom. The fourth-order valence-electron chi connectivity index (χ4n) is 3.14. The Hall–Kier alpha value is -2.61. The smallest absolute Gasteiger partial charge is 0.255 e. The Balaban J connectivity index is 1.64. The van der Waals surface area contributed by atoms with Gasteiger partial charge in [0.2, 0.25) is 5.91 Å². The van der Waals surface area contributed by atoms with Crippen molar-refractivity contribution < 1.29 is 19.1 Å². The number of thiazole rings is 1. The van der Waals surface area contributed by atoms with Gasteiger partial charge in [-0.05, 0) is 18.2 Å². The van der Waals surface area contributed by atoms with E-state index in [0.29, 0.717) is 43.1 Å². The lowest BCUT2D eigenvalue weighted by molar-refractivity contribution is -0.130. The van der Waals surface area contributed by atoms with Crippen LogP contribution in [0.3, 0.4) is 0 Å². The lowest BCUT2D eigenvalue weighted by Gasteiger charge is -2.31. The van der Waals surface area contributed by atoms with Gasteiger partial charge in [-0.15, -0.1) is 11.3 Å². The summed E-state index contributed by atoms with van der Waals surface area (Å²) >= 11 is 1.54. The van der Waals surface area contributed by atoms with E-state index in [0.717, 1.165) is 18.5 Å². The summed E-state index contributed by atoms with van der Waals surface area (Å²) in [5.41, 5.74) is 3.19. The van der Waals surface area contributed by atoms with Gasteiger partial charge in [0.15, 0.2) is 0 Å². The molecule has 1 N–H and O–H groups in total. The van der Waals surface area contributed by atoms with Crippen molar-refractivity contribution in [2.24, 2.45) is 0 Å². The first-order chi connectivity index (χ1) is 13.6. The average Bonchev–Trinajstić information content (AvgIpc) is 3.22. The van der Waals surface area contributed by atoms with Gasteiger partial charge in [-0.25, -0.2) is 4.98 Å². The van der Waals surface area contributed by atoms with Gasteiger partial charge in [-0.2, -0.15) is 0 Å². The van der Waals surface area contributed by atoms with Crippen LogP contribution >= 0.6 is 11.3 Å². The third-order valence-electron chi connectivity index (χ3n) is 4.76. The van der Waals surface area contributed by atoms with Crippen LogP contribution in [0.1, 0.15) is 35.8 Å². The number of methoxy groups -OCH3 is 1. The lowest BCUT2D eigenvalue weighted by atomic mass is 10.1. The summed E-state index contributed by atoms with van der Waals surface area (Å²) in [6.45, 7) is 3.42. The van der Waals surface area contributed by atoms with E-state index < -0.39 is 0 Å².